The van der Waals surface area contributed by atoms with Gasteiger partial charge in [0.05, 0.1) is 11.4 Å². The third-order valence-corrected chi connectivity index (χ3v) is 4.22. The lowest BCUT2D eigenvalue weighted by Gasteiger charge is -2.18. The third-order valence-electron chi connectivity index (χ3n) is 4.22. The van der Waals surface area contributed by atoms with E-state index in [0.717, 1.165) is 16.7 Å². The number of aryl methyl sites for hydroxylation is 1. The fourth-order valence-electron chi connectivity index (χ4n) is 2.92. The number of halogens is 1. The van der Waals surface area contributed by atoms with E-state index in [0.29, 0.717) is 28.3 Å². The van der Waals surface area contributed by atoms with Crippen LogP contribution in [0.25, 0.3) is 5.57 Å². The Morgan fingerprint density at radius 1 is 1.03 bits per heavy atom. The maximum Gasteiger partial charge on any atom is 0.0726 e. The number of aromatic nitrogens is 1. The smallest absolute Gasteiger partial charge is 0.0726 e. The molecule has 0 aliphatic carbocycles. The molecule has 0 aliphatic rings. The normalized spacial score (nSPS) is 11.4. The van der Waals surface area contributed by atoms with Crippen molar-refractivity contribution in [2.75, 3.05) is 4.93 Å². The highest BCUT2D eigenvalue weighted by Gasteiger charge is 2.21. The highest BCUT2D eigenvalue weighted by molar-refractivity contribution is 14.1. The predicted octanol–water partition coefficient (Wildman–Crippen LogP) is 8.02. The van der Waals surface area contributed by atoms with Gasteiger partial charge in [0.25, 0.3) is 0 Å². The Morgan fingerprint density at radius 3 is 2.13 bits per heavy atom. The summed E-state index contributed by atoms with van der Waals surface area (Å²) in [6.07, 6.45) is 9.13. The first-order valence-electron chi connectivity index (χ1n) is 10.2. The maximum absolute atomic E-state index is 8.99. The van der Waals surface area contributed by atoms with Gasteiger partial charge in [-0.05, 0) is 49.0 Å². The summed E-state index contributed by atoms with van der Waals surface area (Å²) in [5, 5.41) is 17.4. The molecule has 2 aromatic rings. The van der Waals surface area contributed by atoms with E-state index in [4.69, 9.17) is 10.8 Å². The van der Waals surface area contributed by atoms with Crippen LogP contribution in [-0.4, -0.2) is 21.3 Å². The van der Waals surface area contributed by atoms with Crippen LogP contribution >= 0.6 is 22.6 Å². The number of rotatable bonds is 7. The van der Waals surface area contributed by atoms with Crippen LogP contribution in [0.1, 0.15) is 44.5 Å². The van der Waals surface area contributed by atoms with E-state index in [1.807, 2.05) is 93.3 Å². The molecule has 1 aromatic carbocycles. The van der Waals surface area contributed by atoms with Gasteiger partial charge in [0, 0.05) is 28.6 Å². The number of nitrogens with zero attached hydrogens (tertiary/aromatic N) is 1. The molecule has 0 aliphatic heterocycles. The minimum absolute atomic E-state index is 0.369. The van der Waals surface area contributed by atoms with Gasteiger partial charge < -0.3 is 5.41 Å². The first-order chi connectivity index (χ1) is 15.0. The zero-order valence-electron chi connectivity index (χ0n) is 19.5. The van der Waals surface area contributed by atoms with E-state index in [-0.39, 0.29) is 0 Å². The molecule has 1 aromatic heterocycles. The van der Waals surface area contributed by atoms with Crippen molar-refractivity contribution < 1.29 is 0 Å². The van der Waals surface area contributed by atoms with E-state index in [1.54, 1.807) is 19.2 Å². The van der Waals surface area contributed by atoms with Crippen molar-refractivity contribution in [2.45, 2.75) is 34.6 Å². The Labute approximate surface area is 201 Å². The van der Waals surface area contributed by atoms with E-state index >= 15 is 0 Å². The second-order valence-corrected chi connectivity index (χ2v) is 6.12. The van der Waals surface area contributed by atoms with Crippen LogP contribution in [0.15, 0.2) is 90.7 Å². The maximum atomic E-state index is 8.99. The monoisotopic (exact) mass is 527 g/mol. The van der Waals surface area contributed by atoms with E-state index in [1.165, 1.54) is 0 Å². The molecule has 0 bridgehead atoms. The van der Waals surface area contributed by atoms with Crippen molar-refractivity contribution in [1.29, 1.82) is 10.8 Å². The summed E-state index contributed by atoms with van der Waals surface area (Å²) < 4.78 is 0. The fourth-order valence-corrected chi connectivity index (χ4v) is 2.92. The highest BCUT2D eigenvalue weighted by Crippen LogP contribution is 2.29. The van der Waals surface area contributed by atoms with Crippen molar-refractivity contribution in [3.63, 3.8) is 0 Å². The molecule has 0 radical (unpaired) electrons. The topological polar surface area (TPSA) is 60.6 Å². The van der Waals surface area contributed by atoms with Gasteiger partial charge in [0.1, 0.15) is 0 Å². The molecule has 0 unspecified atom stereocenters. The van der Waals surface area contributed by atoms with Crippen LogP contribution in [0, 0.1) is 17.7 Å². The Bertz CT molecular complexity index is 951. The van der Waals surface area contributed by atoms with Gasteiger partial charge in [0.15, 0.2) is 0 Å². The average Bonchev–Trinajstić information content (AvgIpc) is 2.81. The van der Waals surface area contributed by atoms with Gasteiger partial charge in [-0.25, -0.2) is 0 Å². The number of alkyl halides is 1. The zero-order chi connectivity index (χ0) is 23.8. The van der Waals surface area contributed by atoms with Gasteiger partial charge in [-0.15, -0.1) is 0 Å². The molecule has 0 amide bonds. The first kappa shape index (κ1) is 28.4. The lowest BCUT2D eigenvalue weighted by molar-refractivity contribution is 1.27. The second-order valence-electron chi connectivity index (χ2n) is 6.12. The lowest BCUT2D eigenvalue weighted by atomic mass is 9.86. The minimum atomic E-state index is 0.369. The largest absolute Gasteiger partial charge is 0.305 e. The van der Waals surface area contributed by atoms with Crippen LogP contribution in [0.2, 0.25) is 0 Å². The van der Waals surface area contributed by atoms with Gasteiger partial charge >= 0.3 is 0 Å². The summed E-state index contributed by atoms with van der Waals surface area (Å²) in [6.45, 7) is 13.4. The van der Waals surface area contributed by atoms with Crippen molar-refractivity contribution in [1.82, 2.24) is 4.98 Å². The molecule has 3 nitrogen and oxygen atoms in total. The standard InChI is InChI=1S/C24H25N3.C2H6.CH3I/c1-5-7-13-19(6-2)23(24(26)20-14-9-8-12-17(20)3)22(18(4)25)21-15-10-11-16-27-21;2*1-2/h5-16,25-26H,1H2,2-4H3;1-2H3;1H3/b13-7-,19-6+,23-22+,25-18?,26-24?;;. The van der Waals surface area contributed by atoms with E-state index < -0.39 is 0 Å². The number of hydrogen-bond donors (Lipinski definition) is 2. The number of allylic oxidation sites excluding steroid dienone is 7. The molecule has 164 valence electrons. The van der Waals surface area contributed by atoms with Crippen LogP contribution in [0.5, 0.6) is 0 Å². The summed E-state index contributed by atoms with van der Waals surface area (Å²) in [6, 6.07) is 13.5. The summed E-state index contributed by atoms with van der Waals surface area (Å²) >= 11 is 2.15. The second kappa shape index (κ2) is 16.1. The molecule has 0 atom stereocenters. The van der Waals surface area contributed by atoms with Gasteiger partial charge in [0.2, 0.25) is 0 Å². The molecule has 0 saturated carbocycles. The number of nitrogens with one attached hydrogen (secondary N) is 2. The minimum Gasteiger partial charge on any atom is -0.305 e. The summed E-state index contributed by atoms with van der Waals surface area (Å²) in [7, 11) is 0. The summed E-state index contributed by atoms with van der Waals surface area (Å²) in [4.78, 5) is 6.42. The molecular formula is C27H34IN3. The van der Waals surface area contributed by atoms with Crippen LogP contribution < -0.4 is 0 Å². The molecule has 1 heterocycles. The molecule has 0 saturated heterocycles. The third kappa shape index (κ3) is 8.21. The Balaban J connectivity index is 0.00000212. The van der Waals surface area contributed by atoms with Crippen LogP contribution in [0.3, 0.4) is 0 Å². The summed E-state index contributed by atoms with van der Waals surface area (Å²) in [5.74, 6) is 0. The number of pyridine rings is 1. The number of hydrogen-bond acceptors (Lipinski definition) is 3. The molecule has 4 heteroatoms. The van der Waals surface area contributed by atoms with Crippen LogP contribution in [0.4, 0.5) is 0 Å². The van der Waals surface area contributed by atoms with Gasteiger partial charge in [-0.3, -0.25) is 10.4 Å². The number of benzene rings is 1. The van der Waals surface area contributed by atoms with Crippen molar-refractivity contribution >= 4 is 39.6 Å². The summed E-state index contributed by atoms with van der Waals surface area (Å²) in [5.41, 5.74) is 5.50. The fraction of sp³-hybridized carbons (Fsp3) is 0.222. The van der Waals surface area contributed by atoms with Crippen molar-refractivity contribution in [3.8, 4) is 0 Å². The predicted molar refractivity (Wildman–Crippen MR) is 147 cm³/mol. The highest BCUT2D eigenvalue weighted by atomic mass is 127. The Hall–Kier alpha value is -2.60. The van der Waals surface area contributed by atoms with Crippen LogP contribution in [-0.2, 0) is 0 Å². The van der Waals surface area contributed by atoms with Crippen molar-refractivity contribution in [2.24, 2.45) is 0 Å². The lowest BCUT2D eigenvalue weighted by Crippen LogP contribution is -2.13. The molecule has 0 fully saturated rings. The molecule has 31 heavy (non-hydrogen) atoms. The Morgan fingerprint density at radius 2 is 1.65 bits per heavy atom. The molecule has 2 rings (SSSR count). The van der Waals surface area contributed by atoms with Crippen molar-refractivity contribution in [3.05, 3.63) is 108 Å². The molecule has 0 spiro atoms. The molecule has 2 N–H and O–H groups in total. The van der Waals surface area contributed by atoms with Gasteiger partial charge in [-0.2, -0.15) is 0 Å². The SMILES string of the molecule is C=C\C=C/C(=C\C)C(/C(=N)c1ccccc1C)=C(/C(C)=N)c1ccccn1.CC.CI. The Kier molecular flexibility index (Phi) is 14.8. The van der Waals surface area contributed by atoms with Gasteiger partial charge in [-0.1, -0.05) is 97.7 Å². The zero-order valence-corrected chi connectivity index (χ0v) is 21.6. The first-order valence-corrected chi connectivity index (χ1v) is 12.4. The quantitative estimate of drug-likeness (QED) is 0.163. The molecular weight excluding hydrogens is 493 g/mol. The average molecular weight is 527 g/mol. The van der Waals surface area contributed by atoms with E-state index in [2.05, 4.69) is 34.2 Å². The van der Waals surface area contributed by atoms with E-state index in [9.17, 15) is 0 Å².